The fourth-order valence-corrected chi connectivity index (χ4v) is 3.13. The van der Waals surface area contributed by atoms with Crippen LogP contribution in [0.1, 0.15) is 0 Å². The van der Waals surface area contributed by atoms with Gasteiger partial charge in [0.1, 0.15) is 0 Å². The van der Waals surface area contributed by atoms with E-state index in [1.807, 2.05) is 36.4 Å². The topological polar surface area (TPSA) is 52.4 Å². The van der Waals surface area contributed by atoms with E-state index in [1.54, 1.807) is 19.2 Å². The maximum atomic E-state index is 10.5. The number of benzene rings is 2. The summed E-state index contributed by atoms with van der Waals surface area (Å²) in [6, 6.07) is 14.6. The molecule has 0 aliphatic carbocycles. The summed E-state index contributed by atoms with van der Waals surface area (Å²) in [5, 5.41) is 10.5. The molecule has 2 aromatic rings. The molecular weight excluding hydrogens is 297 g/mol. The van der Waals surface area contributed by atoms with Gasteiger partial charge in [-0.25, -0.2) is 0 Å². The second kappa shape index (κ2) is 5.67. The number of non-ortho nitro benzene ring substituents is 1. The standard InChI is InChI=1S/C13H11NO3Se/c1-17-11-4-8-13(9-5-11)18-12-6-2-10(3-7-12)14(15)16/h2-9H,1H3. The summed E-state index contributed by atoms with van der Waals surface area (Å²) in [7, 11) is 1.64. The molecule has 2 rings (SSSR count). The molecule has 0 fully saturated rings. The third kappa shape index (κ3) is 3.09. The van der Waals surface area contributed by atoms with E-state index < -0.39 is 0 Å². The van der Waals surface area contributed by atoms with Gasteiger partial charge in [-0.05, 0) is 0 Å². The quantitative estimate of drug-likeness (QED) is 0.485. The summed E-state index contributed by atoms with van der Waals surface area (Å²) in [4.78, 5) is 10.2. The first-order valence-corrected chi connectivity index (χ1v) is 6.97. The molecule has 0 radical (unpaired) electrons. The number of hydrogen-bond acceptors (Lipinski definition) is 3. The van der Waals surface area contributed by atoms with E-state index in [-0.39, 0.29) is 25.6 Å². The van der Waals surface area contributed by atoms with Crippen LogP contribution in [0, 0.1) is 10.1 Å². The van der Waals surface area contributed by atoms with Gasteiger partial charge in [0, 0.05) is 0 Å². The molecule has 0 N–H and O–H groups in total. The molecule has 2 aromatic carbocycles. The van der Waals surface area contributed by atoms with Crippen molar-refractivity contribution in [3.63, 3.8) is 0 Å². The molecule has 0 aliphatic heterocycles. The van der Waals surface area contributed by atoms with Gasteiger partial charge in [-0.1, -0.05) is 0 Å². The number of nitro groups is 1. The van der Waals surface area contributed by atoms with Gasteiger partial charge in [0.25, 0.3) is 0 Å². The Balaban J connectivity index is 2.10. The molecule has 0 spiro atoms. The molecule has 0 unspecified atom stereocenters. The monoisotopic (exact) mass is 309 g/mol. The summed E-state index contributed by atoms with van der Waals surface area (Å²) in [5.74, 6) is 0.832. The van der Waals surface area contributed by atoms with Gasteiger partial charge in [-0.15, -0.1) is 0 Å². The molecular formula is C13H11NO3Se. The average molecular weight is 308 g/mol. The van der Waals surface area contributed by atoms with Gasteiger partial charge in [0.05, 0.1) is 0 Å². The molecule has 0 aliphatic rings. The molecule has 4 nitrogen and oxygen atoms in total. The van der Waals surface area contributed by atoms with Gasteiger partial charge in [-0.3, -0.25) is 0 Å². The van der Waals surface area contributed by atoms with Crippen LogP contribution in [0.4, 0.5) is 5.69 Å². The van der Waals surface area contributed by atoms with Crippen LogP contribution in [0.2, 0.25) is 0 Å². The molecule has 0 saturated heterocycles. The van der Waals surface area contributed by atoms with Crippen LogP contribution in [0.25, 0.3) is 0 Å². The summed E-state index contributed by atoms with van der Waals surface area (Å²) < 4.78 is 7.41. The minimum atomic E-state index is -0.385. The third-order valence-corrected chi connectivity index (χ3v) is 4.47. The molecule has 18 heavy (non-hydrogen) atoms. The maximum absolute atomic E-state index is 10.5. The fraction of sp³-hybridized carbons (Fsp3) is 0.0769. The molecule has 0 saturated carbocycles. The zero-order valence-electron chi connectivity index (χ0n) is 9.70. The molecule has 0 amide bonds. The van der Waals surface area contributed by atoms with Crippen molar-refractivity contribution < 1.29 is 9.66 Å². The van der Waals surface area contributed by atoms with Gasteiger partial charge < -0.3 is 0 Å². The van der Waals surface area contributed by atoms with Crippen LogP contribution < -0.4 is 13.7 Å². The van der Waals surface area contributed by atoms with E-state index in [0.29, 0.717) is 0 Å². The van der Waals surface area contributed by atoms with Crippen LogP contribution in [-0.2, 0) is 0 Å². The van der Waals surface area contributed by atoms with E-state index in [1.165, 1.54) is 4.46 Å². The number of nitrogens with zero attached hydrogens (tertiary/aromatic N) is 1. The summed E-state index contributed by atoms with van der Waals surface area (Å²) in [5.41, 5.74) is 0.129. The summed E-state index contributed by atoms with van der Waals surface area (Å²) in [6.07, 6.45) is 0. The summed E-state index contributed by atoms with van der Waals surface area (Å²) in [6.45, 7) is 0. The van der Waals surface area contributed by atoms with E-state index in [2.05, 4.69) is 0 Å². The zero-order chi connectivity index (χ0) is 13.0. The van der Waals surface area contributed by atoms with E-state index in [0.717, 1.165) is 10.2 Å². The Morgan fingerprint density at radius 2 is 1.50 bits per heavy atom. The molecule has 0 atom stereocenters. The van der Waals surface area contributed by atoms with Gasteiger partial charge >= 0.3 is 111 Å². The molecule has 5 heteroatoms. The number of ether oxygens (including phenoxy) is 1. The van der Waals surface area contributed by atoms with Crippen LogP contribution in [0.3, 0.4) is 0 Å². The molecule has 92 valence electrons. The molecule has 0 bridgehead atoms. The third-order valence-electron chi connectivity index (χ3n) is 2.34. The van der Waals surface area contributed by atoms with Crippen molar-refractivity contribution >= 4 is 29.6 Å². The fourth-order valence-electron chi connectivity index (χ4n) is 1.42. The predicted molar refractivity (Wildman–Crippen MR) is 71.1 cm³/mol. The number of hydrogen-bond donors (Lipinski definition) is 0. The minimum absolute atomic E-state index is 0.129. The average Bonchev–Trinajstić information content (AvgIpc) is 2.40. The Kier molecular flexibility index (Phi) is 3.97. The van der Waals surface area contributed by atoms with Crippen LogP contribution in [0.15, 0.2) is 48.5 Å². The number of methoxy groups -OCH3 is 1. The van der Waals surface area contributed by atoms with Crippen molar-refractivity contribution in [3.05, 3.63) is 58.6 Å². The van der Waals surface area contributed by atoms with Crippen molar-refractivity contribution in [1.82, 2.24) is 0 Å². The molecule has 0 aromatic heterocycles. The van der Waals surface area contributed by atoms with Crippen molar-refractivity contribution in [2.45, 2.75) is 0 Å². The molecule has 0 heterocycles. The van der Waals surface area contributed by atoms with Crippen LogP contribution in [-0.4, -0.2) is 27.0 Å². The van der Waals surface area contributed by atoms with Crippen molar-refractivity contribution in [1.29, 1.82) is 0 Å². The van der Waals surface area contributed by atoms with Gasteiger partial charge in [-0.2, -0.15) is 0 Å². The van der Waals surface area contributed by atoms with E-state index >= 15 is 0 Å². The van der Waals surface area contributed by atoms with Crippen molar-refractivity contribution in [2.24, 2.45) is 0 Å². The summed E-state index contributed by atoms with van der Waals surface area (Å²) >= 11 is 0.154. The second-order valence-electron chi connectivity index (χ2n) is 3.53. The first kappa shape index (κ1) is 12.6. The normalized spacial score (nSPS) is 10.1. The Morgan fingerprint density at radius 1 is 1.00 bits per heavy atom. The second-order valence-corrected chi connectivity index (χ2v) is 5.93. The Labute approximate surface area is 111 Å². The zero-order valence-corrected chi connectivity index (χ0v) is 11.4. The predicted octanol–water partition coefficient (Wildman–Crippen LogP) is 1.26. The Hall–Kier alpha value is -1.84. The van der Waals surface area contributed by atoms with Gasteiger partial charge in [0.2, 0.25) is 0 Å². The van der Waals surface area contributed by atoms with Crippen LogP contribution in [0.5, 0.6) is 5.75 Å². The Bertz CT molecular complexity index is 537. The van der Waals surface area contributed by atoms with Crippen molar-refractivity contribution in [2.75, 3.05) is 7.11 Å². The number of rotatable bonds is 4. The Morgan fingerprint density at radius 3 is 1.94 bits per heavy atom. The first-order valence-electron chi connectivity index (χ1n) is 5.25. The number of nitro benzene ring substituents is 1. The SMILES string of the molecule is COc1ccc([Se]c2ccc([N+](=O)[O-])cc2)cc1. The van der Waals surface area contributed by atoms with Crippen molar-refractivity contribution in [3.8, 4) is 5.75 Å². The van der Waals surface area contributed by atoms with Crippen LogP contribution >= 0.6 is 0 Å². The van der Waals surface area contributed by atoms with E-state index in [4.69, 9.17) is 4.74 Å². The van der Waals surface area contributed by atoms with Gasteiger partial charge in [0.15, 0.2) is 0 Å². The van der Waals surface area contributed by atoms with E-state index in [9.17, 15) is 10.1 Å². The first-order chi connectivity index (χ1) is 8.69.